The van der Waals surface area contributed by atoms with Gasteiger partial charge in [-0.1, -0.05) is 0 Å². The molecule has 1 aliphatic heterocycles. The number of imidazole rings is 1. The van der Waals surface area contributed by atoms with Gasteiger partial charge >= 0.3 is 0 Å². The predicted molar refractivity (Wildman–Crippen MR) is 87.2 cm³/mol. The zero-order chi connectivity index (χ0) is 24.1. The van der Waals surface area contributed by atoms with Gasteiger partial charge < -0.3 is 58.2 Å². The van der Waals surface area contributed by atoms with Gasteiger partial charge in [0, 0.05) is 0 Å². The van der Waals surface area contributed by atoms with Crippen LogP contribution in [0.2, 0.25) is 0 Å². The molecule has 1 aliphatic rings. The number of nitrogens with two attached hydrogens (primary N) is 1. The molecule has 180 valence electrons. The number of fused-ring (bicyclic) bond motifs is 1. The third kappa shape index (κ3) is 5.86. The van der Waals surface area contributed by atoms with Crippen molar-refractivity contribution in [1.29, 1.82) is 0 Å². The van der Waals surface area contributed by atoms with Crippen molar-refractivity contribution >= 4 is 40.6 Å². The Kier molecular flexibility index (Phi) is 6.78. The molecule has 22 heteroatoms. The van der Waals surface area contributed by atoms with Crippen molar-refractivity contribution in [2.24, 2.45) is 0 Å². The molecular formula is C10H11N5O14P3-5. The van der Waals surface area contributed by atoms with Gasteiger partial charge in [0.1, 0.15) is 18.3 Å². The monoisotopic (exact) mass is 518 g/mol. The number of anilines is 1. The third-order valence-electron chi connectivity index (χ3n) is 3.88. The van der Waals surface area contributed by atoms with Crippen LogP contribution in [0.4, 0.5) is 5.95 Å². The van der Waals surface area contributed by atoms with Crippen molar-refractivity contribution in [2.45, 2.75) is 24.5 Å². The number of rotatable bonds is 8. The van der Waals surface area contributed by atoms with Gasteiger partial charge in [-0.05, 0) is 0 Å². The van der Waals surface area contributed by atoms with Crippen LogP contribution < -0.4 is 35.8 Å². The maximum Gasteiger partial charge on any atom is 0.280 e. The van der Waals surface area contributed by atoms with E-state index in [0.29, 0.717) is 0 Å². The summed E-state index contributed by atoms with van der Waals surface area (Å²) in [7, 11) is -17.7. The van der Waals surface area contributed by atoms with Crippen LogP contribution in [0.15, 0.2) is 11.1 Å². The fraction of sp³-hybridized carbons (Fsp3) is 0.500. The zero-order valence-electron chi connectivity index (χ0n) is 15.1. The summed E-state index contributed by atoms with van der Waals surface area (Å²) in [6.45, 7) is -1.20. The van der Waals surface area contributed by atoms with Crippen LogP contribution in [0, 0.1) is 0 Å². The molecule has 0 radical (unpaired) electrons. The van der Waals surface area contributed by atoms with E-state index >= 15 is 0 Å². The molecule has 3 rings (SSSR count). The Bertz CT molecular complexity index is 1200. The van der Waals surface area contributed by atoms with Crippen LogP contribution in [-0.2, 0) is 31.8 Å². The molecular weight excluding hydrogens is 507 g/mol. The molecule has 32 heavy (non-hydrogen) atoms. The van der Waals surface area contributed by atoms with Crippen molar-refractivity contribution in [3.05, 3.63) is 16.7 Å². The molecule has 19 nitrogen and oxygen atoms in total. The first-order valence-corrected chi connectivity index (χ1v) is 12.4. The number of aliphatic hydroxyl groups is 1. The van der Waals surface area contributed by atoms with Crippen LogP contribution in [0.25, 0.3) is 11.2 Å². The largest absolute Gasteiger partial charge is 0.790 e. The number of aliphatic hydroxyl groups excluding tert-OH is 1. The number of aromatic nitrogens is 4. The van der Waals surface area contributed by atoms with E-state index < -0.39 is 60.2 Å². The molecule has 0 spiro atoms. The van der Waals surface area contributed by atoms with Gasteiger partial charge in [0.2, 0.25) is 5.95 Å². The van der Waals surface area contributed by atoms with Crippen LogP contribution in [-0.4, -0.2) is 49.5 Å². The molecule has 5 atom stereocenters. The maximum absolute atomic E-state index is 11.9. The normalized spacial score (nSPS) is 26.4. The molecule has 0 aromatic carbocycles. The van der Waals surface area contributed by atoms with Crippen molar-refractivity contribution in [3.63, 3.8) is 0 Å². The predicted octanol–water partition coefficient (Wildman–Crippen LogP) is -5.50. The number of nitrogens with zero attached hydrogens (tertiary/aromatic N) is 3. The number of hydrogen-bond donors (Lipinski definition) is 3. The fourth-order valence-electron chi connectivity index (χ4n) is 2.80. The number of nitrogen functional groups attached to an aromatic ring is 1. The molecule has 1 unspecified atom stereocenters. The smallest absolute Gasteiger partial charge is 0.280 e. The summed E-state index contributed by atoms with van der Waals surface area (Å²) >= 11 is 0. The highest BCUT2D eigenvalue weighted by molar-refractivity contribution is 7.58. The first-order valence-electron chi connectivity index (χ1n) is 8.01. The molecule has 1 saturated heterocycles. The highest BCUT2D eigenvalue weighted by atomic mass is 31.3. The molecule has 0 bridgehead atoms. The highest BCUT2D eigenvalue weighted by Crippen LogP contribution is 2.53. The molecule has 3 heterocycles. The Balaban J connectivity index is 1.96. The Morgan fingerprint density at radius 2 is 1.88 bits per heavy atom. The second-order valence-electron chi connectivity index (χ2n) is 6.12. The van der Waals surface area contributed by atoms with Crippen LogP contribution >= 0.6 is 23.5 Å². The van der Waals surface area contributed by atoms with Crippen LogP contribution in [0.1, 0.15) is 6.23 Å². The minimum Gasteiger partial charge on any atom is -0.790 e. The van der Waals surface area contributed by atoms with Gasteiger partial charge in [-0.2, -0.15) is 4.98 Å². The van der Waals surface area contributed by atoms with Gasteiger partial charge in [-0.15, -0.1) is 0 Å². The molecule has 0 amide bonds. The van der Waals surface area contributed by atoms with Gasteiger partial charge in [0.15, 0.2) is 17.4 Å². The minimum absolute atomic E-state index is 0.265. The maximum atomic E-state index is 11.9. The minimum atomic E-state index is -6.11. The van der Waals surface area contributed by atoms with E-state index in [1.807, 2.05) is 0 Å². The van der Waals surface area contributed by atoms with Gasteiger partial charge in [-0.25, -0.2) is 4.98 Å². The zero-order valence-corrected chi connectivity index (χ0v) is 17.8. The average Bonchev–Trinajstić information content (AvgIpc) is 3.12. The number of hydrogen-bond acceptors (Lipinski definition) is 17. The number of aromatic amines is 1. The molecule has 0 aliphatic carbocycles. The molecule has 2 aromatic rings. The summed E-state index contributed by atoms with van der Waals surface area (Å²) in [6.07, 6.45) is -6.87. The Labute approximate surface area is 175 Å². The number of phosphoric acid groups is 3. The van der Waals surface area contributed by atoms with E-state index in [-0.39, 0.29) is 17.1 Å². The lowest BCUT2D eigenvalue weighted by Crippen LogP contribution is -2.38. The van der Waals surface area contributed by atoms with E-state index in [2.05, 4.69) is 28.3 Å². The van der Waals surface area contributed by atoms with E-state index in [4.69, 9.17) is 10.5 Å². The summed E-state index contributed by atoms with van der Waals surface area (Å²) < 4.78 is 50.9. The van der Waals surface area contributed by atoms with Crippen LogP contribution in [0.5, 0.6) is 0 Å². The lowest BCUT2D eigenvalue weighted by atomic mass is 10.1. The summed E-state index contributed by atoms with van der Waals surface area (Å²) in [5.74, 6) is -0.373. The summed E-state index contributed by atoms with van der Waals surface area (Å²) in [6, 6.07) is 0. The molecule has 0 saturated carbocycles. The standard InChI is InChI=1S/C10H16N5O14P3/c11-10-13-7-4(8(17)14-10)12-2-15(7)9-5(16)6(3(27-9)1-26-30(18,19)20)28-32(24,25)29-31(21,22)23/h2-3,5-6,9,16H,1H2,(H,24,25)(H2,18,19,20)(H2,21,22,23)(H3,11,13,14,17)/p-5/t3-,5-,6-,9-/m1/s1. The summed E-state index contributed by atoms with van der Waals surface area (Å²) in [5, 5.41) is 10.5. The Morgan fingerprint density at radius 1 is 1.22 bits per heavy atom. The van der Waals surface area contributed by atoms with Crippen molar-refractivity contribution in [2.75, 3.05) is 12.3 Å². The van der Waals surface area contributed by atoms with Crippen LogP contribution in [0.3, 0.4) is 0 Å². The lowest BCUT2D eigenvalue weighted by molar-refractivity contribution is -0.343. The first-order chi connectivity index (χ1) is 14.6. The summed E-state index contributed by atoms with van der Waals surface area (Å²) in [4.78, 5) is 76.0. The topological polar surface area (TPSA) is 313 Å². The van der Waals surface area contributed by atoms with Crippen molar-refractivity contribution in [1.82, 2.24) is 19.5 Å². The van der Waals surface area contributed by atoms with Gasteiger partial charge in [-0.3, -0.25) is 23.2 Å². The average molecular weight is 518 g/mol. The van der Waals surface area contributed by atoms with E-state index in [1.54, 1.807) is 0 Å². The number of ether oxygens (including phenoxy) is 1. The Hall–Kier alpha value is -1.56. The van der Waals surface area contributed by atoms with E-state index in [0.717, 1.165) is 10.9 Å². The quantitative estimate of drug-likeness (QED) is 0.274. The molecule has 2 aromatic heterocycles. The van der Waals surface area contributed by atoms with E-state index in [1.165, 1.54) is 0 Å². The SMILES string of the molecule is Nc1nc2c(ncn2[C@@H]2O[C@H](COP(=O)([O-])[O-])[C@@H](OP(=O)([O-])OP(=O)([O-])[O-])[C@H]2O)c(=O)[nH]1. The number of nitrogens with one attached hydrogen (secondary N) is 1. The highest BCUT2D eigenvalue weighted by Gasteiger charge is 2.48. The van der Waals surface area contributed by atoms with Gasteiger partial charge in [0.05, 0.1) is 28.6 Å². The molecule has 4 N–H and O–H groups in total. The fourth-order valence-corrected chi connectivity index (χ4v) is 4.82. The van der Waals surface area contributed by atoms with E-state index in [9.17, 15) is 48.1 Å². The molecule has 1 fully saturated rings. The van der Waals surface area contributed by atoms with Crippen molar-refractivity contribution in [3.8, 4) is 0 Å². The first kappa shape index (κ1) is 25.1. The second kappa shape index (κ2) is 8.66. The number of H-pyrrole nitrogens is 1. The third-order valence-corrected chi connectivity index (χ3v) is 6.45. The Morgan fingerprint density at radius 3 is 2.47 bits per heavy atom. The van der Waals surface area contributed by atoms with Crippen molar-refractivity contribution < 1.29 is 61.4 Å². The summed E-state index contributed by atoms with van der Waals surface area (Å²) in [5.41, 5.74) is 4.10. The van der Waals surface area contributed by atoms with Gasteiger partial charge in [0.25, 0.3) is 13.4 Å². The number of phosphoric ester groups is 2. The lowest BCUT2D eigenvalue weighted by Gasteiger charge is -2.37. The second-order valence-corrected chi connectivity index (χ2v) is 9.93.